The van der Waals surface area contributed by atoms with E-state index in [4.69, 9.17) is 13.8 Å². The molecular weight excluding hydrogens is 245 g/mol. The van der Waals surface area contributed by atoms with Gasteiger partial charge in [0.15, 0.2) is 0 Å². The molecule has 0 saturated carbocycles. The van der Waals surface area contributed by atoms with Crippen LogP contribution in [0.1, 0.15) is 20.8 Å². The van der Waals surface area contributed by atoms with Gasteiger partial charge in [-0.3, -0.25) is 9.36 Å². The lowest BCUT2D eigenvalue weighted by molar-refractivity contribution is -0.141. The van der Waals surface area contributed by atoms with Gasteiger partial charge in [0.05, 0.1) is 32.5 Å². The summed E-state index contributed by atoms with van der Waals surface area (Å²) >= 11 is 0. The molecule has 0 aliphatic carbocycles. The van der Waals surface area contributed by atoms with Crippen molar-refractivity contribution in [1.82, 2.24) is 5.32 Å². The summed E-state index contributed by atoms with van der Waals surface area (Å²) in [6.45, 7) is 6.80. The number of carbonyl (C=O) groups excluding carboxylic acids is 1. The van der Waals surface area contributed by atoms with Crippen LogP contribution in [0.3, 0.4) is 0 Å². The topological polar surface area (TPSA) is 73.9 Å². The first-order valence-corrected chi connectivity index (χ1v) is 7.55. The summed E-state index contributed by atoms with van der Waals surface area (Å²) in [4.78, 5) is 11.0. The standard InChI is InChI=1S/C10H22NO5P/c1-4-14-10(12)9-11-7-8-17(13,15-5-2)16-6-3/h11H,4-9H2,1-3H3. The van der Waals surface area contributed by atoms with Gasteiger partial charge >= 0.3 is 13.6 Å². The van der Waals surface area contributed by atoms with E-state index in [9.17, 15) is 9.36 Å². The van der Waals surface area contributed by atoms with Gasteiger partial charge in [-0.2, -0.15) is 0 Å². The second-order valence-electron chi connectivity index (χ2n) is 3.15. The molecule has 0 bridgehead atoms. The molecule has 6 nitrogen and oxygen atoms in total. The molecule has 0 amide bonds. The summed E-state index contributed by atoms with van der Waals surface area (Å²) in [5.41, 5.74) is 0. The minimum absolute atomic E-state index is 0.103. The van der Waals surface area contributed by atoms with Crippen LogP contribution in [0.15, 0.2) is 0 Å². The molecule has 0 atom stereocenters. The Balaban J connectivity index is 3.82. The maximum atomic E-state index is 12.0. The van der Waals surface area contributed by atoms with Crippen LogP contribution in [0.4, 0.5) is 0 Å². The second-order valence-corrected chi connectivity index (χ2v) is 5.34. The van der Waals surface area contributed by atoms with Gasteiger partial charge in [-0.25, -0.2) is 0 Å². The SMILES string of the molecule is CCOC(=O)CNCCP(=O)(OCC)OCC. The first-order chi connectivity index (χ1) is 8.08. The Kier molecular flexibility index (Phi) is 9.36. The van der Waals surface area contributed by atoms with E-state index in [0.29, 0.717) is 26.4 Å². The van der Waals surface area contributed by atoms with Gasteiger partial charge in [-0.15, -0.1) is 0 Å². The van der Waals surface area contributed by atoms with Gasteiger partial charge in [0.25, 0.3) is 0 Å². The third-order valence-electron chi connectivity index (χ3n) is 1.79. The molecule has 102 valence electrons. The molecule has 0 aromatic rings. The summed E-state index contributed by atoms with van der Waals surface area (Å²) in [5, 5.41) is 2.84. The maximum absolute atomic E-state index is 12.0. The van der Waals surface area contributed by atoms with Crippen LogP contribution in [-0.2, 0) is 23.1 Å². The van der Waals surface area contributed by atoms with Crippen LogP contribution >= 0.6 is 7.60 Å². The van der Waals surface area contributed by atoms with Crippen molar-refractivity contribution in [2.24, 2.45) is 0 Å². The van der Waals surface area contributed by atoms with Gasteiger partial charge in [0.2, 0.25) is 0 Å². The molecule has 0 saturated heterocycles. The first-order valence-electron chi connectivity index (χ1n) is 5.82. The van der Waals surface area contributed by atoms with E-state index in [0.717, 1.165) is 0 Å². The first kappa shape index (κ1) is 16.6. The average molecular weight is 267 g/mol. The third-order valence-corrected chi connectivity index (χ3v) is 3.86. The van der Waals surface area contributed by atoms with E-state index in [1.165, 1.54) is 0 Å². The zero-order valence-electron chi connectivity index (χ0n) is 10.7. The molecule has 7 heteroatoms. The van der Waals surface area contributed by atoms with Crippen molar-refractivity contribution in [3.8, 4) is 0 Å². The second kappa shape index (κ2) is 9.59. The molecule has 0 aliphatic rings. The predicted octanol–water partition coefficient (Wildman–Crippen LogP) is 1.41. The predicted molar refractivity (Wildman–Crippen MR) is 65.2 cm³/mol. The molecule has 0 radical (unpaired) electrons. The average Bonchev–Trinajstić information content (AvgIpc) is 2.26. The van der Waals surface area contributed by atoms with Crippen LogP contribution in [-0.4, -0.2) is 45.0 Å². The Morgan fingerprint density at radius 3 is 2.18 bits per heavy atom. The van der Waals surface area contributed by atoms with Crippen molar-refractivity contribution in [3.05, 3.63) is 0 Å². The van der Waals surface area contributed by atoms with E-state index in [1.54, 1.807) is 20.8 Å². The number of ether oxygens (including phenoxy) is 1. The van der Waals surface area contributed by atoms with Crippen LogP contribution in [0.5, 0.6) is 0 Å². The van der Waals surface area contributed by atoms with Crippen LogP contribution < -0.4 is 5.32 Å². The van der Waals surface area contributed by atoms with Crippen LogP contribution in [0.25, 0.3) is 0 Å². The molecule has 0 rings (SSSR count). The molecule has 1 N–H and O–H groups in total. The number of carbonyl (C=O) groups is 1. The molecule has 0 spiro atoms. The molecule has 17 heavy (non-hydrogen) atoms. The van der Waals surface area contributed by atoms with Crippen LogP contribution in [0, 0.1) is 0 Å². The minimum Gasteiger partial charge on any atom is -0.465 e. The summed E-state index contributed by atoms with van der Waals surface area (Å²) in [6, 6.07) is 0. The fourth-order valence-electron chi connectivity index (χ4n) is 1.18. The smallest absolute Gasteiger partial charge is 0.331 e. The zero-order chi connectivity index (χ0) is 13.1. The normalized spacial score (nSPS) is 11.5. The molecule has 0 unspecified atom stereocenters. The van der Waals surface area contributed by atoms with Crippen molar-refractivity contribution >= 4 is 13.6 Å². The lowest BCUT2D eigenvalue weighted by Gasteiger charge is -2.16. The monoisotopic (exact) mass is 267 g/mol. The highest BCUT2D eigenvalue weighted by atomic mass is 31.2. The third kappa shape index (κ3) is 8.32. The van der Waals surface area contributed by atoms with E-state index in [2.05, 4.69) is 5.32 Å². The van der Waals surface area contributed by atoms with Crippen LogP contribution in [0.2, 0.25) is 0 Å². The highest BCUT2D eigenvalue weighted by Crippen LogP contribution is 2.47. The van der Waals surface area contributed by atoms with Gasteiger partial charge in [0, 0.05) is 6.54 Å². The maximum Gasteiger partial charge on any atom is 0.331 e. The zero-order valence-corrected chi connectivity index (χ0v) is 11.6. The Hall–Kier alpha value is -0.420. The lowest BCUT2D eigenvalue weighted by Crippen LogP contribution is -2.27. The Morgan fingerprint density at radius 2 is 1.71 bits per heavy atom. The quantitative estimate of drug-likeness (QED) is 0.366. The van der Waals surface area contributed by atoms with E-state index in [-0.39, 0.29) is 18.7 Å². The fourth-order valence-corrected chi connectivity index (χ4v) is 2.73. The van der Waals surface area contributed by atoms with E-state index >= 15 is 0 Å². The summed E-state index contributed by atoms with van der Waals surface area (Å²) in [7, 11) is -3.01. The molecule has 0 fully saturated rings. The molecular formula is C10H22NO5P. The highest BCUT2D eigenvalue weighted by Gasteiger charge is 2.22. The lowest BCUT2D eigenvalue weighted by atomic mass is 10.6. The Bertz CT molecular complexity index is 249. The van der Waals surface area contributed by atoms with Crippen molar-refractivity contribution in [2.45, 2.75) is 20.8 Å². The number of hydrogen-bond donors (Lipinski definition) is 1. The van der Waals surface area contributed by atoms with Gasteiger partial charge in [0.1, 0.15) is 0 Å². The van der Waals surface area contributed by atoms with E-state index in [1.807, 2.05) is 0 Å². The highest BCUT2D eigenvalue weighted by molar-refractivity contribution is 7.53. The summed E-state index contributed by atoms with van der Waals surface area (Å²) in [5.74, 6) is -0.324. The van der Waals surface area contributed by atoms with Crippen molar-refractivity contribution in [2.75, 3.05) is 39.1 Å². The fraction of sp³-hybridized carbons (Fsp3) is 0.900. The Labute approximate surface area is 103 Å². The largest absolute Gasteiger partial charge is 0.465 e. The number of esters is 1. The molecule has 0 heterocycles. The van der Waals surface area contributed by atoms with Crippen molar-refractivity contribution < 1.29 is 23.1 Å². The Morgan fingerprint density at radius 1 is 1.12 bits per heavy atom. The minimum atomic E-state index is -3.01. The number of rotatable bonds is 10. The van der Waals surface area contributed by atoms with E-state index < -0.39 is 7.60 Å². The summed E-state index contributed by atoms with van der Waals surface area (Å²) < 4.78 is 26.9. The molecule has 0 aromatic heterocycles. The molecule has 0 aliphatic heterocycles. The van der Waals surface area contributed by atoms with Gasteiger partial charge < -0.3 is 19.1 Å². The van der Waals surface area contributed by atoms with Crippen molar-refractivity contribution in [1.29, 1.82) is 0 Å². The number of hydrogen-bond acceptors (Lipinski definition) is 6. The molecule has 0 aromatic carbocycles. The van der Waals surface area contributed by atoms with Crippen molar-refractivity contribution in [3.63, 3.8) is 0 Å². The van der Waals surface area contributed by atoms with Gasteiger partial charge in [-0.05, 0) is 20.8 Å². The number of nitrogens with one attached hydrogen (secondary N) is 1. The van der Waals surface area contributed by atoms with Gasteiger partial charge in [-0.1, -0.05) is 0 Å². The summed E-state index contributed by atoms with van der Waals surface area (Å²) in [6.07, 6.45) is 0.244.